The van der Waals surface area contributed by atoms with Crippen LogP contribution in [0.4, 0.5) is 17.1 Å². The summed E-state index contributed by atoms with van der Waals surface area (Å²) in [6.45, 7) is 5.81. The monoisotopic (exact) mass is 721 g/mol. The van der Waals surface area contributed by atoms with Crippen molar-refractivity contribution in [2.24, 2.45) is 11.8 Å². The van der Waals surface area contributed by atoms with Gasteiger partial charge in [-0.2, -0.15) is 0 Å². The number of hydrogen-bond donors (Lipinski definition) is 2. The van der Waals surface area contributed by atoms with Crippen molar-refractivity contribution in [3.8, 4) is 0 Å². The van der Waals surface area contributed by atoms with Gasteiger partial charge in [0.1, 0.15) is 0 Å². The van der Waals surface area contributed by atoms with Gasteiger partial charge >= 0.3 is 0 Å². The minimum atomic E-state index is -1.55. The molecule has 0 radical (unpaired) electrons. The van der Waals surface area contributed by atoms with E-state index in [0.717, 1.165) is 33.2 Å². The molecule has 1 fully saturated rings. The summed E-state index contributed by atoms with van der Waals surface area (Å²) in [6, 6.07) is 34.6. The maximum absolute atomic E-state index is 15.2. The zero-order chi connectivity index (χ0) is 37.5. The van der Waals surface area contributed by atoms with E-state index in [1.807, 2.05) is 116 Å². The Balaban J connectivity index is 1.14. The predicted octanol–water partition coefficient (Wildman–Crippen LogP) is 6.63. The van der Waals surface area contributed by atoms with Gasteiger partial charge in [0.2, 0.25) is 5.91 Å². The van der Waals surface area contributed by atoms with Gasteiger partial charge in [-0.05, 0) is 72.7 Å². The number of fused-ring (bicyclic) bond motifs is 3. The average molecular weight is 722 g/mol. The molecule has 0 bridgehead atoms. The summed E-state index contributed by atoms with van der Waals surface area (Å²) < 4.78 is 7.07. The summed E-state index contributed by atoms with van der Waals surface area (Å²) in [4.78, 5) is 48.7. The number of benzene rings is 5. The standard InChI is InChI=1S/C45H43N3O6/c1-27-41(44(2,3)53)38(23-39(50)46-25-31-14-8-7-13-30(31)21-33(46)26-49)54-45(27)35-22-32(19-20-36(35)47(43(45)52)24-28-11-5-4-6-12-28)48-37-18-10-16-29-15-9-17-34(40(29)37)42(48)51/h4-20,22,27,33,38,41,49,53H,21,23-26H2,1-3H3/t27-,33+,38+,41-,45+/m1/s1. The van der Waals surface area contributed by atoms with E-state index < -0.39 is 35.2 Å². The first kappa shape index (κ1) is 34.4. The minimum Gasteiger partial charge on any atom is -0.394 e. The fraction of sp³-hybridized carbons (Fsp3) is 0.311. The van der Waals surface area contributed by atoms with Crippen molar-refractivity contribution in [1.82, 2.24) is 4.90 Å². The molecule has 0 unspecified atom stereocenters. The van der Waals surface area contributed by atoms with Crippen LogP contribution in [0.3, 0.4) is 0 Å². The number of rotatable bonds is 7. The van der Waals surface area contributed by atoms with E-state index in [4.69, 9.17) is 4.74 Å². The number of anilines is 3. The minimum absolute atomic E-state index is 0.0810. The Bertz CT molecular complexity index is 2330. The molecule has 0 aliphatic carbocycles. The molecule has 2 N–H and O–H groups in total. The van der Waals surface area contributed by atoms with Gasteiger partial charge in [0.05, 0.1) is 54.3 Å². The summed E-state index contributed by atoms with van der Waals surface area (Å²) in [6.07, 6.45) is -0.371. The third-order valence-electron chi connectivity index (χ3n) is 12.2. The Labute approximate surface area is 314 Å². The lowest BCUT2D eigenvalue weighted by atomic mass is 9.70. The van der Waals surface area contributed by atoms with Crippen LogP contribution in [0.25, 0.3) is 10.8 Å². The first-order valence-corrected chi connectivity index (χ1v) is 18.7. The molecule has 1 spiro atoms. The van der Waals surface area contributed by atoms with Gasteiger partial charge in [-0.3, -0.25) is 19.3 Å². The fourth-order valence-corrected chi connectivity index (χ4v) is 9.83. The van der Waals surface area contributed by atoms with Crippen LogP contribution in [0.2, 0.25) is 0 Å². The molecule has 9 rings (SSSR count). The lowest BCUT2D eigenvalue weighted by Gasteiger charge is -2.38. The summed E-state index contributed by atoms with van der Waals surface area (Å²) in [5.74, 6) is -1.81. The van der Waals surface area contributed by atoms with Crippen molar-refractivity contribution >= 4 is 45.6 Å². The summed E-state index contributed by atoms with van der Waals surface area (Å²) in [7, 11) is 0. The third kappa shape index (κ3) is 5.13. The molecular formula is C45H43N3O6. The second-order valence-corrected chi connectivity index (χ2v) is 15.8. The van der Waals surface area contributed by atoms with E-state index in [2.05, 4.69) is 0 Å². The molecule has 274 valence electrons. The first-order chi connectivity index (χ1) is 26.0. The molecule has 9 heteroatoms. The second kappa shape index (κ2) is 12.6. The van der Waals surface area contributed by atoms with Crippen LogP contribution in [0.15, 0.2) is 109 Å². The molecule has 9 nitrogen and oxygen atoms in total. The maximum atomic E-state index is 15.2. The van der Waals surface area contributed by atoms with Crippen molar-refractivity contribution < 1.29 is 29.3 Å². The number of aliphatic hydroxyl groups excluding tert-OH is 1. The Morgan fingerprint density at radius 1 is 0.889 bits per heavy atom. The highest BCUT2D eigenvalue weighted by molar-refractivity contribution is 6.28. The molecule has 5 atom stereocenters. The molecule has 1 saturated heterocycles. The number of carbonyl (C=O) groups excluding carboxylic acids is 3. The van der Waals surface area contributed by atoms with Gasteiger partial charge in [0.15, 0.2) is 5.60 Å². The second-order valence-electron chi connectivity index (χ2n) is 15.8. The lowest BCUT2D eigenvalue weighted by molar-refractivity contribution is -0.151. The first-order valence-electron chi connectivity index (χ1n) is 18.7. The summed E-state index contributed by atoms with van der Waals surface area (Å²) in [5, 5.41) is 24.0. The maximum Gasteiger partial charge on any atom is 0.264 e. The topological polar surface area (TPSA) is 111 Å². The van der Waals surface area contributed by atoms with Gasteiger partial charge in [0, 0.05) is 35.0 Å². The zero-order valence-electron chi connectivity index (χ0n) is 30.6. The van der Waals surface area contributed by atoms with E-state index in [9.17, 15) is 19.8 Å². The van der Waals surface area contributed by atoms with Gasteiger partial charge in [-0.1, -0.05) is 85.8 Å². The van der Waals surface area contributed by atoms with E-state index in [0.29, 0.717) is 42.0 Å². The highest BCUT2D eigenvalue weighted by Crippen LogP contribution is 2.59. The quantitative estimate of drug-likeness (QED) is 0.195. The van der Waals surface area contributed by atoms with Crippen molar-refractivity contribution in [3.05, 3.63) is 137 Å². The SMILES string of the molecule is C[C@@H]1[C@@H](C(C)(C)O)[C@H](CC(=O)N2Cc3ccccc3C[C@H]2CO)O[C@@]12C(=O)N(Cc1ccccc1)c1ccc(N3C(=O)c4cccc5cccc3c45)cc12. The fourth-order valence-electron chi connectivity index (χ4n) is 9.83. The largest absolute Gasteiger partial charge is 0.394 e. The molecule has 4 heterocycles. The van der Waals surface area contributed by atoms with Crippen LogP contribution in [0.5, 0.6) is 0 Å². The Morgan fingerprint density at radius 3 is 2.35 bits per heavy atom. The highest BCUT2D eigenvalue weighted by Gasteiger charge is 2.66. The van der Waals surface area contributed by atoms with Crippen molar-refractivity contribution in [2.75, 3.05) is 16.4 Å². The number of hydrogen-bond acceptors (Lipinski definition) is 6. The van der Waals surface area contributed by atoms with Crippen LogP contribution in [0, 0.1) is 11.8 Å². The zero-order valence-corrected chi connectivity index (χ0v) is 30.6. The van der Waals surface area contributed by atoms with E-state index >= 15 is 4.79 Å². The molecule has 54 heavy (non-hydrogen) atoms. The number of nitrogens with zero attached hydrogens (tertiary/aromatic N) is 3. The van der Waals surface area contributed by atoms with Crippen LogP contribution < -0.4 is 9.80 Å². The van der Waals surface area contributed by atoms with Crippen LogP contribution >= 0.6 is 0 Å². The Morgan fingerprint density at radius 2 is 1.61 bits per heavy atom. The normalized spacial score (nSPS) is 24.5. The van der Waals surface area contributed by atoms with Crippen molar-refractivity contribution in [3.63, 3.8) is 0 Å². The summed E-state index contributed by atoms with van der Waals surface area (Å²) >= 11 is 0. The lowest BCUT2D eigenvalue weighted by Crippen LogP contribution is -2.48. The predicted molar refractivity (Wildman–Crippen MR) is 206 cm³/mol. The Hall–Kier alpha value is -5.35. The molecule has 5 aromatic rings. The molecule has 0 aromatic heterocycles. The molecular weight excluding hydrogens is 679 g/mol. The van der Waals surface area contributed by atoms with Gasteiger partial charge in [-0.25, -0.2) is 0 Å². The van der Waals surface area contributed by atoms with Crippen molar-refractivity contribution in [2.45, 2.75) is 70.1 Å². The summed E-state index contributed by atoms with van der Waals surface area (Å²) in [5.41, 5.74) is 3.46. The molecule has 0 saturated carbocycles. The number of ether oxygens (including phenoxy) is 1. The average Bonchev–Trinajstić information content (AvgIpc) is 3.72. The number of carbonyl (C=O) groups is 3. The molecule has 3 amide bonds. The van der Waals surface area contributed by atoms with E-state index in [-0.39, 0.29) is 30.7 Å². The third-order valence-corrected chi connectivity index (χ3v) is 12.2. The molecule has 4 aliphatic heterocycles. The van der Waals surface area contributed by atoms with E-state index in [1.165, 1.54) is 0 Å². The van der Waals surface area contributed by atoms with Crippen LogP contribution in [-0.2, 0) is 39.4 Å². The smallest absolute Gasteiger partial charge is 0.264 e. The van der Waals surface area contributed by atoms with Crippen molar-refractivity contribution in [1.29, 1.82) is 0 Å². The highest BCUT2D eigenvalue weighted by atomic mass is 16.5. The van der Waals surface area contributed by atoms with E-state index in [1.54, 1.807) is 28.5 Å². The number of aliphatic hydroxyl groups is 2. The van der Waals surface area contributed by atoms with Gasteiger partial charge in [-0.15, -0.1) is 0 Å². The molecule has 4 aliphatic rings. The van der Waals surface area contributed by atoms with Crippen LogP contribution in [0.1, 0.15) is 59.8 Å². The van der Waals surface area contributed by atoms with Crippen LogP contribution in [-0.4, -0.2) is 57.2 Å². The Kier molecular flexibility index (Phi) is 8.04. The van der Waals surface area contributed by atoms with Gasteiger partial charge in [0.25, 0.3) is 11.8 Å². The number of amides is 3. The van der Waals surface area contributed by atoms with Gasteiger partial charge < -0.3 is 24.7 Å². The molecule has 5 aromatic carbocycles.